The Hall–Kier alpha value is -2.02. The fourth-order valence-corrected chi connectivity index (χ4v) is 3.42. The van der Waals surface area contributed by atoms with E-state index in [-0.39, 0.29) is 5.69 Å². The van der Waals surface area contributed by atoms with Crippen molar-refractivity contribution in [2.75, 3.05) is 29.5 Å². The third-order valence-electron chi connectivity index (χ3n) is 3.34. The highest BCUT2D eigenvalue weighted by molar-refractivity contribution is 7.85. The first kappa shape index (κ1) is 13.0. The van der Waals surface area contributed by atoms with Gasteiger partial charge in [-0.2, -0.15) is 0 Å². The molecular weight excluding hydrogens is 278 g/mol. The number of carboxylic acids is 1. The molecule has 1 aromatic heterocycles. The fraction of sp³-hybridized carbons (Fsp3) is 0.308. The molecule has 1 saturated heterocycles. The zero-order chi connectivity index (χ0) is 14.1. The molecule has 0 atom stereocenters. The Balaban J connectivity index is 2.17. The molecule has 1 N–H and O–H groups in total. The lowest BCUT2D eigenvalue weighted by molar-refractivity contribution is 0.0690. The number of nitrogens with zero attached hydrogens (tertiary/aromatic N) is 3. The third kappa shape index (κ3) is 2.24. The van der Waals surface area contributed by atoms with Crippen LogP contribution in [0.5, 0.6) is 0 Å². The van der Waals surface area contributed by atoms with Gasteiger partial charge in [0, 0.05) is 40.8 Å². The second-order valence-electron chi connectivity index (χ2n) is 4.55. The van der Waals surface area contributed by atoms with Gasteiger partial charge in [0.1, 0.15) is 0 Å². The largest absolute Gasteiger partial charge is 0.476 e. The topological polar surface area (TPSA) is 83.4 Å². The minimum absolute atomic E-state index is 0.0450. The van der Waals surface area contributed by atoms with Crippen molar-refractivity contribution in [2.24, 2.45) is 0 Å². The molecule has 20 heavy (non-hydrogen) atoms. The summed E-state index contributed by atoms with van der Waals surface area (Å²) in [5, 5.41) is 17.9. The zero-order valence-corrected chi connectivity index (χ0v) is 11.5. The smallest absolute Gasteiger partial charge is 0.358 e. The first-order chi connectivity index (χ1) is 9.66. The van der Waals surface area contributed by atoms with E-state index in [0.29, 0.717) is 35.8 Å². The maximum absolute atomic E-state index is 11.5. The summed E-state index contributed by atoms with van der Waals surface area (Å²) in [5.41, 5.74) is 1.20. The van der Waals surface area contributed by atoms with Crippen molar-refractivity contribution in [1.82, 2.24) is 10.2 Å². The molecular formula is C13H13N3O3S. The SMILES string of the molecule is O=C(O)c1nnc2ccccc2c1N1CCS(=O)CC1. The highest BCUT2D eigenvalue weighted by atomic mass is 32.2. The van der Waals surface area contributed by atoms with Crippen molar-refractivity contribution < 1.29 is 14.1 Å². The Morgan fingerprint density at radius 3 is 2.60 bits per heavy atom. The van der Waals surface area contributed by atoms with Crippen LogP contribution in [0.3, 0.4) is 0 Å². The molecule has 6 nitrogen and oxygen atoms in total. The number of carboxylic acid groups (broad SMARTS) is 1. The number of rotatable bonds is 2. The monoisotopic (exact) mass is 291 g/mol. The van der Waals surface area contributed by atoms with Crippen LogP contribution >= 0.6 is 0 Å². The van der Waals surface area contributed by atoms with Gasteiger partial charge in [-0.3, -0.25) is 4.21 Å². The molecule has 0 bridgehead atoms. The molecule has 7 heteroatoms. The fourth-order valence-electron chi connectivity index (χ4n) is 2.37. The predicted molar refractivity (Wildman–Crippen MR) is 76.6 cm³/mol. The number of benzene rings is 1. The lowest BCUT2D eigenvalue weighted by Gasteiger charge is -2.29. The number of aromatic nitrogens is 2. The van der Waals surface area contributed by atoms with E-state index in [1.54, 1.807) is 6.07 Å². The molecule has 0 saturated carbocycles. The summed E-state index contributed by atoms with van der Waals surface area (Å²) in [5.74, 6) is 0.00996. The minimum Gasteiger partial charge on any atom is -0.476 e. The molecule has 2 aromatic rings. The van der Waals surface area contributed by atoms with E-state index in [2.05, 4.69) is 10.2 Å². The van der Waals surface area contributed by atoms with Crippen molar-refractivity contribution in [1.29, 1.82) is 0 Å². The molecule has 0 spiro atoms. The normalized spacial score (nSPS) is 16.5. The van der Waals surface area contributed by atoms with Gasteiger partial charge in [0.25, 0.3) is 0 Å². The number of anilines is 1. The van der Waals surface area contributed by atoms with Crippen molar-refractivity contribution in [3.63, 3.8) is 0 Å². The zero-order valence-electron chi connectivity index (χ0n) is 10.7. The van der Waals surface area contributed by atoms with Gasteiger partial charge in [-0.05, 0) is 6.07 Å². The molecule has 3 rings (SSSR count). The summed E-state index contributed by atoms with van der Waals surface area (Å²) in [6, 6.07) is 7.34. The standard InChI is InChI=1S/C13H13N3O3S/c17-13(18)11-12(16-5-7-20(19)8-6-16)9-3-1-2-4-10(9)14-15-11/h1-4H,5-8H2,(H,17,18). The number of fused-ring (bicyclic) bond motifs is 1. The second-order valence-corrected chi connectivity index (χ2v) is 6.25. The Morgan fingerprint density at radius 2 is 1.90 bits per heavy atom. The van der Waals surface area contributed by atoms with E-state index in [1.165, 1.54) is 0 Å². The maximum atomic E-state index is 11.5. The second kappa shape index (κ2) is 5.16. The van der Waals surface area contributed by atoms with Crippen molar-refractivity contribution >= 4 is 33.4 Å². The van der Waals surface area contributed by atoms with Crippen LogP contribution in [0.25, 0.3) is 10.9 Å². The molecule has 104 valence electrons. The number of aromatic carboxylic acids is 1. The van der Waals surface area contributed by atoms with E-state index in [0.717, 1.165) is 5.39 Å². The molecule has 0 aliphatic carbocycles. The molecule has 0 radical (unpaired) electrons. The Kier molecular flexibility index (Phi) is 3.35. The first-order valence-corrected chi connectivity index (χ1v) is 7.74. The van der Waals surface area contributed by atoms with Crippen LogP contribution in [0.2, 0.25) is 0 Å². The van der Waals surface area contributed by atoms with Crippen LogP contribution < -0.4 is 4.90 Å². The molecule has 1 aromatic carbocycles. The van der Waals surface area contributed by atoms with Gasteiger partial charge >= 0.3 is 5.97 Å². The lowest BCUT2D eigenvalue weighted by atomic mass is 10.1. The van der Waals surface area contributed by atoms with Crippen LogP contribution in [0.4, 0.5) is 5.69 Å². The highest BCUT2D eigenvalue weighted by Gasteiger charge is 2.24. The number of carbonyl (C=O) groups is 1. The summed E-state index contributed by atoms with van der Waals surface area (Å²) < 4.78 is 11.5. The number of hydrogen-bond acceptors (Lipinski definition) is 5. The van der Waals surface area contributed by atoms with Gasteiger partial charge in [0.15, 0.2) is 5.69 Å². The van der Waals surface area contributed by atoms with E-state index >= 15 is 0 Å². The summed E-state index contributed by atoms with van der Waals surface area (Å²) in [6.07, 6.45) is 0. The summed E-state index contributed by atoms with van der Waals surface area (Å²) >= 11 is 0. The van der Waals surface area contributed by atoms with Crippen molar-refractivity contribution in [2.45, 2.75) is 0 Å². The van der Waals surface area contributed by atoms with E-state index in [4.69, 9.17) is 0 Å². The molecule has 0 unspecified atom stereocenters. The summed E-state index contributed by atoms with van der Waals surface area (Å²) in [4.78, 5) is 13.3. The molecule has 1 aliphatic heterocycles. The van der Waals surface area contributed by atoms with Gasteiger partial charge < -0.3 is 10.0 Å². The van der Waals surface area contributed by atoms with Crippen molar-refractivity contribution in [3.05, 3.63) is 30.0 Å². The maximum Gasteiger partial charge on any atom is 0.358 e. The highest BCUT2D eigenvalue weighted by Crippen LogP contribution is 2.29. The van der Waals surface area contributed by atoms with Crippen LogP contribution in [0.15, 0.2) is 24.3 Å². The van der Waals surface area contributed by atoms with E-state index in [9.17, 15) is 14.1 Å². The molecule has 1 fully saturated rings. The van der Waals surface area contributed by atoms with Gasteiger partial charge in [-0.15, -0.1) is 10.2 Å². The average Bonchev–Trinajstić information content (AvgIpc) is 2.47. The molecule has 1 aliphatic rings. The molecule has 2 heterocycles. The summed E-state index contributed by atoms with van der Waals surface area (Å²) in [6.45, 7) is 1.14. The van der Waals surface area contributed by atoms with Crippen molar-refractivity contribution in [3.8, 4) is 0 Å². The average molecular weight is 291 g/mol. The van der Waals surface area contributed by atoms with Crippen LogP contribution in [0.1, 0.15) is 10.5 Å². The number of hydrogen-bond donors (Lipinski definition) is 1. The lowest BCUT2D eigenvalue weighted by Crippen LogP contribution is -2.39. The molecule has 0 amide bonds. The third-order valence-corrected chi connectivity index (χ3v) is 4.61. The van der Waals surface area contributed by atoms with Gasteiger partial charge in [-0.1, -0.05) is 18.2 Å². The Morgan fingerprint density at radius 1 is 1.20 bits per heavy atom. The Labute approximate surface area is 117 Å². The van der Waals surface area contributed by atoms with E-state index in [1.807, 2.05) is 23.1 Å². The van der Waals surface area contributed by atoms with E-state index < -0.39 is 16.8 Å². The Bertz CT molecular complexity index is 694. The van der Waals surface area contributed by atoms with Gasteiger partial charge in [0.05, 0.1) is 11.2 Å². The van der Waals surface area contributed by atoms with Crippen LogP contribution in [0, 0.1) is 0 Å². The predicted octanol–water partition coefficient (Wildman–Crippen LogP) is 0.897. The van der Waals surface area contributed by atoms with Gasteiger partial charge in [0.2, 0.25) is 0 Å². The summed E-state index contributed by atoms with van der Waals surface area (Å²) in [7, 11) is -0.811. The first-order valence-electron chi connectivity index (χ1n) is 6.25. The minimum atomic E-state index is -1.09. The van der Waals surface area contributed by atoms with Crippen LogP contribution in [-0.2, 0) is 10.8 Å². The quantitative estimate of drug-likeness (QED) is 0.885. The van der Waals surface area contributed by atoms with Crippen LogP contribution in [-0.4, -0.2) is 50.1 Å². The van der Waals surface area contributed by atoms with Gasteiger partial charge in [-0.25, -0.2) is 4.79 Å².